The second kappa shape index (κ2) is 11.2. The van der Waals surface area contributed by atoms with Crippen LogP contribution < -0.4 is 21.3 Å². The van der Waals surface area contributed by atoms with Crippen molar-refractivity contribution in [3.8, 4) is 0 Å². The summed E-state index contributed by atoms with van der Waals surface area (Å²) in [6, 6.07) is 21.9. The van der Waals surface area contributed by atoms with E-state index in [1.807, 2.05) is 72.8 Å². The standard InChI is InChI=1S/C26H26N4O2/c1-3-19-9-13-23(14-10-19)29-25(31)27-17-21-5-7-22(8-6-21)18-28-26(32)30-24-15-11-20(4-2)12-16-24/h3-16H,1-2,17-18H2,(H2,27,29,31)(H2,28,30,32). The van der Waals surface area contributed by atoms with Gasteiger partial charge in [0.1, 0.15) is 0 Å². The minimum absolute atomic E-state index is 0.278. The average Bonchev–Trinajstić information content (AvgIpc) is 2.83. The molecule has 0 radical (unpaired) electrons. The molecule has 0 unspecified atom stereocenters. The Labute approximate surface area is 188 Å². The summed E-state index contributed by atoms with van der Waals surface area (Å²) in [5.74, 6) is 0. The van der Waals surface area contributed by atoms with Crippen LogP contribution in [0.25, 0.3) is 12.2 Å². The highest BCUT2D eigenvalue weighted by Gasteiger charge is 2.04. The van der Waals surface area contributed by atoms with Crippen LogP contribution in [0.2, 0.25) is 0 Å². The summed E-state index contributed by atoms with van der Waals surface area (Å²) in [6.07, 6.45) is 3.50. The second-order valence-corrected chi connectivity index (χ2v) is 7.08. The van der Waals surface area contributed by atoms with E-state index in [1.165, 1.54) is 0 Å². The first-order chi connectivity index (χ1) is 15.6. The Morgan fingerprint density at radius 1 is 0.594 bits per heavy atom. The Hall–Kier alpha value is -4.32. The predicted octanol–water partition coefficient (Wildman–Crippen LogP) is 5.62. The molecule has 0 bridgehead atoms. The molecular formula is C26H26N4O2. The van der Waals surface area contributed by atoms with Gasteiger partial charge in [-0.2, -0.15) is 0 Å². The summed E-state index contributed by atoms with van der Waals surface area (Å²) in [5, 5.41) is 11.2. The average molecular weight is 427 g/mol. The van der Waals surface area contributed by atoms with Crippen LogP contribution in [0.4, 0.5) is 21.0 Å². The van der Waals surface area contributed by atoms with Crippen LogP contribution in [0.1, 0.15) is 22.3 Å². The molecule has 0 aliphatic rings. The first kappa shape index (κ1) is 22.4. The highest BCUT2D eigenvalue weighted by atomic mass is 16.2. The van der Waals surface area contributed by atoms with Crippen molar-refractivity contribution in [1.82, 2.24) is 10.6 Å². The number of benzene rings is 3. The van der Waals surface area contributed by atoms with Crippen molar-refractivity contribution in [2.75, 3.05) is 10.6 Å². The zero-order chi connectivity index (χ0) is 22.8. The highest BCUT2D eigenvalue weighted by Crippen LogP contribution is 2.11. The molecule has 6 heteroatoms. The lowest BCUT2D eigenvalue weighted by Gasteiger charge is -2.10. The third-order valence-electron chi connectivity index (χ3n) is 4.74. The van der Waals surface area contributed by atoms with Crippen LogP contribution in [-0.2, 0) is 13.1 Å². The van der Waals surface area contributed by atoms with Crippen LogP contribution in [-0.4, -0.2) is 12.1 Å². The molecule has 0 aliphatic heterocycles. The van der Waals surface area contributed by atoms with Crippen molar-refractivity contribution in [2.24, 2.45) is 0 Å². The third kappa shape index (κ3) is 6.88. The van der Waals surface area contributed by atoms with Gasteiger partial charge in [-0.15, -0.1) is 0 Å². The number of rotatable bonds is 8. The Bertz CT molecular complexity index is 984. The lowest BCUT2D eigenvalue weighted by molar-refractivity contribution is 0.251. The Morgan fingerprint density at radius 2 is 0.938 bits per heavy atom. The number of hydrogen-bond acceptors (Lipinski definition) is 2. The number of hydrogen-bond donors (Lipinski definition) is 4. The molecule has 0 atom stereocenters. The van der Waals surface area contributed by atoms with Gasteiger partial charge in [0.2, 0.25) is 0 Å². The van der Waals surface area contributed by atoms with Gasteiger partial charge in [0.15, 0.2) is 0 Å². The van der Waals surface area contributed by atoms with E-state index in [9.17, 15) is 9.59 Å². The maximum atomic E-state index is 12.1. The number of anilines is 2. The molecule has 6 nitrogen and oxygen atoms in total. The van der Waals surface area contributed by atoms with Crippen molar-refractivity contribution in [1.29, 1.82) is 0 Å². The number of nitrogens with one attached hydrogen (secondary N) is 4. The highest BCUT2D eigenvalue weighted by molar-refractivity contribution is 5.89. The SMILES string of the molecule is C=Cc1ccc(NC(=O)NCc2ccc(CNC(=O)Nc3ccc(C=C)cc3)cc2)cc1. The molecule has 0 aromatic heterocycles. The first-order valence-electron chi connectivity index (χ1n) is 10.2. The fourth-order valence-electron chi connectivity index (χ4n) is 2.90. The summed E-state index contributed by atoms with van der Waals surface area (Å²) in [6.45, 7) is 8.20. The molecule has 4 N–H and O–H groups in total. The fourth-order valence-corrected chi connectivity index (χ4v) is 2.90. The predicted molar refractivity (Wildman–Crippen MR) is 131 cm³/mol. The summed E-state index contributed by atoms with van der Waals surface area (Å²) in [5.41, 5.74) is 5.32. The smallest absolute Gasteiger partial charge is 0.319 e. The molecule has 0 saturated heterocycles. The molecule has 32 heavy (non-hydrogen) atoms. The van der Waals surface area contributed by atoms with E-state index >= 15 is 0 Å². The molecule has 3 aromatic rings. The number of carbonyl (C=O) groups is 2. The molecule has 4 amide bonds. The van der Waals surface area contributed by atoms with E-state index in [4.69, 9.17) is 0 Å². The van der Waals surface area contributed by atoms with Gasteiger partial charge in [0.05, 0.1) is 0 Å². The van der Waals surface area contributed by atoms with Crippen LogP contribution in [0.5, 0.6) is 0 Å². The van der Waals surface area contributed by atoms with E-state index < -0.39 is 0 Å². The van der Waals surface area contributed by atoms with Gasteiger partial charge in [-0.25, -0.2) is 9.59 Å². The molecule has 3 aromatic carbocycles. The van der Waals surface area contributed by atoms with Crippen LogP contribution in [0, 0.1) is 0 Å². The topological polar surface area (TPSA) is 82.3 Å². The van der Waals surface area contributed by atoms with Crippen molar-refractivity contribution in [2.45, 2.75) is 13.1 Å². The Kier molecular flexibility index (Phi) is 7.81. The normalized spacial score (nSPS) is 10.0. The Morgan fingerprint density at radius 3 is 1.25 bits per heavy atom. The number of urea groups is 2. The molecule has 3 rings (SSSR count). The number of amides is 4. The lowest BCUT2D eigenvalue weighted by Crippen LogP contribution is -2.28. The van der Waals surface area contributed by atoms with Gasteiger partial charge in [-0.3, -0.25) is 0 Å². The zero-order valence-corrected chi connectivity index (χ0v) is 17.7. The Balaban J connectivity index is 1.40. The lowest BCUT2D eigenvalue weighted by atomic mass is 10.1. The van der Waals surface area contributed by atoms with E-state index in [1.54, 1.807) is 12.2 Å². The van der Waals surface area contributed by atoms with Gasteiger partial charge in [0, 0.05) is 24.5 Å². The molecule has 0 saturated carbocycles. The fraction of sp³-hybridized carbons (Fsp3) is 0.0769. The van der Waals surface area contributed by atoms with Crippen LogP contribution in [0.3, 0.4) is 0 Å². The van der Waals surface area contributed by atoms with E-state index in [0.29, 0.717) is 24.5 Å². The number of carbonyl (C=O) groups excluding carboxylic acids is 2. The molecule has 0 fully saturated rings. The molecule has 0 spiro atoms. The summed E-state index contributed by atoms with van der Waals surface area (Å²) < 4.78 is 0. The van der Waals surface area contributed by atoms with E-state index in [0.717, 1.165) is 22.3 Å². The summed E-state index contributed by atoms with van der Waals surface area (Å²) in [7, 11) is 0. The largest absolute Gasteiger partial charge is 0.334 e. The van der Waals surface area contributed by atoms with Crippen LogP contribution >= 0.6 is 0 Å². The first-order valence-corrected chi connectivity index (χ1v) is 10.2. The van der Waals surface area contributed by atoms with Crippen molar-refractivity contribution < 1.29 is 9.59 Å². The van der Waals surface area contributed by atoms with Gasteiger partial charge in [-0.05, 0) is 46.5 Å². The second-order valence-electron chi connectivity index (χ2n) is 7.08. The monoisotopic (exact) mass is 426 g/mol. The van der Waals surface area contributed by atoms with Crippen molar-refractivity contribution in [3.63, 3.8) is 0 Å². The van der Waals surface area contributed by atoms with Crippen molar-refractivity contribution >= 4 is 35.6 Å². The van der Waals surface area contributed by atoms with Gasteiger partial charge < -0.3 is 21.3 Å². The van der Waals surface area contributed by atoms with E-state index in [2.05, 4.69) is 34.4 Å². The summed E-state index contributed by atoms with van der Waals surface area (Å²) >= 11 is 0. The van der Waals surface area contributed by atoms with Gasteiger partial charge in [0.25, 0.3) is 0 Å². The van der Waals surface area contributed by atoms with Gasteiger partial charge in [-0.1, -0.05) is 73.8 Å². The molecule has 0 heterocycles. The molecule has 162 valence electrons. The van der Waals surface area contributed by atoms with Gasteiger partial charge >= 0.3 is 12.1 Å². The summed E-state index contributed by atoms with van der Waals surface area (Å²) in [4.78, 5) is 24.1. The minimum atomic E-state index is -0.278. The molecular weight excluding hydrogens is 400 g/mol. The van der Waals surface area contributed by atoms with Crippen LogP contribution in [0.15, 0.2) is 86.0 Å². The third-order valence-corrected chi connectivity index (χ3v) is 4.74. The quantitative estimate of drug-likeness (QED) is 0.377. The van der Waals surface area contributed by atoms with Crippen molar-refractivity contribution in [3.05, 3.63) is 108 Å². The zero-order valence-electron chi connectivity index (χ0n) is 17.7. The maximum absolute atomic E-state index is 12.1. The maximum Gasteiger partial charge on any atom is 0.319 e. The molecule has 0 aliphatic carbocycles. The minimum Gasteiger partial charge on any atom is -0.334 e. The van der Waals surface area contributed by atoms with E-state index in [-0.39, 0.29) is 12.1 Å².